The molecule has 1 fully saturated rings. The number of hydrogen-bond donors (Lipinski definition) is 2. The Hall–Kier alpha value is -1.12. The molecule has 1 rings (SSSR count). The van der Waals surface area contributed by atoms with Gasteiger partial charge in [0.15, 0.2) is 0 Å². The van der Waals surface area contributed by atoms with Gasteiger partial charge in [-0.25, -0.2) is 0 Å². The molecule has 0 aromatic heterocycles. The number of rotatable bonds is 6. The number of amides is 1. The maximum absolute atomic E-state index is 12.1. The van der Waals surface area contributed by atoms with E-state index in [0.29, 0.717) is 25.2 Å². The van der Waals surface area contributed by atoms with E-state index >= 15 is 0 Å². The van der Waals surface area contributed by atoms with Crippen molar-refractivity contribution in [2.45, 2.75) is 58.0 Å². The number of piperidine rings is 1. The molecule has 0 bridgehead atoms. The first-order valence-electron chi connectivity index (χ1n) is 7.63. The van der Waals surface area contributed by atoms with Crippen molar-refractivity contribution in [1.29, 1.82) is 5.26 Å². The summed E-state index contributed by atoms with van der Waals surface area (Å²) in [6.45, 7) is 9.01. The zero-order chi connectivity index (χ0) is 15.2. The quantitative estimate of drug-likeness (QED) is 0.767. The molecular weight excluding hydrogens is 252 g/mol. The third kappa shape index (κ3) is 4.77. The summed E-state index contributed by atoms with van der Waals surface area (Å²) in [5, 5.41) is 12.3. The van der Waals surface area contributed by atoms with Crippen LogP contribution in [0.4, 0.5) is 0 Å². The highest BCUT2D eigenvalue weighted by Crippen LogP contribution is 2.22. The Morgan fingerprint density at radius 1 is 1.45 bits per heavy atom. The Labute approximate surface area is 122 Å². The summed E-state index contributed by atoms with van der Waals surface area (Å²) in [7, 11) is 0. The van der Waals surface area contributed by atoms with E-state index in [0.717, 1.165) is 26.1 Å². The number of nitrogens with one attached hydrogen (secondary N) is 1. The van der Waals surface area contributed by atoms with Gasteiger partial charge in [0, 0.05) is 13.1 Å². The number of nitriles is 1. The van der Waals surface area contributed by atoms with Gasteiger partial charge in [-0.15, -0.1) is 0 Å². The lowest BCUT2D eigenvalue weighted by Crippen LogP contribution is -2.57. The number of likely N-dealkylation sites (tertiary alicyclic amines) is 1. The Morgan fingerprint density at radius 2 is 2.05 bits per heavy atom. The van der Waals surface area contributed by atoms with Gasteiger partial charge in [0.05, 0.1) is 12.1 Å². The molecule has 5 nitrogen and oxygen atoms in total. The Morgan fingerprint density at radius 3 is 2.50 bits per heavy atom. The van der Waals surface area contributed by atoms with E-state index in [1.807, 2.05) is 13.8 Å². The first kappa shape index (κ1) is 16.9. The number of hydrogen-bond acceptors (Lipinski definition) is 4. The molecule has 1 aliphatic heterocycles. The molecule has 0 aromatic rings. The van der Waals surface area contributed by atoms with E-state index in [1.54, 1.807) is 0 Å². The summed E-state index contributed by atoms with van der Waals surface area (Å²) in [5.74, 6) is 0.185. The zero-order valence-corrected chi connectivity index (χ0v) is 13.0. The highest BCUT2D eigenvalue weighted by Gasteiger charge is 2.36. The Kier molecular flexibility index (Phi) is 6.44. The normalized spacial score (nSPS) is 20.4. The highest BCUT2D eigenvalue weighted by molar-refractivity contribution is 5.82. The van der Waals surface area contributed by atoms with Crippen LogP contribution in [0.15, 0.2) is 0 Å². The molecule has 0 spiro atoms. The van der Waals surface area contributed by atoms with Crippen LogP contribution in [0.3, 0.4) is 0 Å². The fraction of sp³-hybridized carbons (Fsp3) is 0.867. The molecular formula is C15H28N4O. The zero-order valence-electron chi connectivity index (χ0n) is 13.0. The lowest BCUT2D eigenvalue weighted by molar-refractivity contribution is -0.124. The van der Waals surface area contributed by atoms with Crippen molar-refractivity contribution >= 4 is 5.91 Å². The molecule has 0 saturated carbocycles. The van der Waals surface area contributed by atoms with Crippen LogP contribution in [0.2, 0.25) is 0 Å². The van der Waals surface area contributed by atoms with E-state index in [9.17, 15) is 10.1 Å². The summed E-state index contributed by atoms with van der Waals surface area (Å²) >= 11 is 0. The second-order valence-corrected chi connectivity index (χ2v) is 6.26. The Bertz CT molecular complexity index is 353. The lowest BCUT2D eigenvalue weighted by atomic mass is 9.88. The van der Waals surface area contributed by atoms with Gasteiger partial charge >= 0.3 is 0 Å². The molecule has 0 aliphatic carbocycles. The summed E-state index contributed by atoms with van der Waals surface area (Å²) in [6, 6.07) is 1.79. The van der Waals surface area contributed by atoms with Crippen molar-refractivity contribution in [3.63, 3.8) is 0 Å². The molecule has 20 heavy (non-hydrogen) atoms. The van der Waals surface area contributed by atoms with Gasteiger partial charge < -0.3 is 16.0 Å². The maximum atomic E-state index is 12.1. The summed E-state index contributed by atoms with van der Waals surface area (Å²) in [5.41, 5.74) is 5.17. The summed E-state index contributed by atoms with van der Waals surface area (Å²) in [4.78, 5) is 14.5. The molecule has 3 N–H and O–H groups in total. The second-order valence-electron chi connectivity index (χ2n) is 6.26. The van der Waals surface area contributed by atoms with Crippen molar-refractivity contribution in [3.05, 3.63) is 0 Å². The lowest BCUT2D eigenvalue weighted by Gasteiger charge is -2.38. The average Bonchev–Trinajstić information content (AvgIpc) is 2.40. The third-order valence-electron chi connectivity index (χ3n) is 3.89. The summed E-state index contributed by atoms with van der Waals surface area (Å²) < 4.78 is 0. The highest BCUT2D eigenvalue weighted by atomic mass is 16.2. The van der Waals surface area contributed by atoms with E-state index in [4.69, 9.17) is 5.73 Å². The second kappa shape index (κ2) is 7.61. The van der Waals surface area contributed by atoms with Crippen molar-refractivity contribution in [3.8, 4) is 6.07 Å². The van der Waals surface area contributed by atoms with Crippen LogP contribution < -0.4 is 11.1 Å². The van der Waals surface area contributed by atoms with Crippen LogP contribution in [0.25, 0.3) is 0 Å². The van der Waals surface area contributed by atoms with Gasteiger partial charge in [-0.05, 0) is 38.1 Å². The monoisotopic (exact) mass is 280 g/mol. The van der Waals surface area contributed by atoms with Crippen molar-refractivity contribution in [2.24, 2.45) is 11.7 Å². The molecule has 1 atom stereocenters. The predicted molar refractivity (Wildman–Crippen MR) is 79.9 cm³/mol. The minimum atomic E-state index is -0.726. The van der Waals surface area contributed by atoms with Gasteiger partial charge in [-0.3, -0.25) is 4.79 Å². The molecule has 0 aromatic carbocycles. The predicted octanol–water partition coefficient (Wildman–Crippen LogP) is 1.24. The van der Waals surface area contributed by atoms with Crippen LogP contribution in [0, 0.1) is 17.2 Å². The average molecular weight is 280 g/mol. The van der Waals surface area contributed by atoms with Crippen molar-refractivity contribution in [1.82, 2.24) is 10.2 Å². The minimum absolute atomic E-state index is 0.191. The first-order chi connectivity index (χ1) is 9.42. The van der Waals surface area contributed by atoms with Gasteiger partial charge in [0.25, 0.3) is 0 Å². The van der Waals surface area contributed by atoms with Crippen LogP contribution in [-0.4, -0.2) is 42.0 Å². The first-order valence-corrected chi connectivity index (χ1v) is 7.63. The molecule has 1 aliphatic rings. The minimum Gasteiger partial charge on any atom is -0.336 e. The fourth-order valence-corrected chi connectivity index (χ4v) is 2.68. The molecule has 1 unspecified atom stereocenters. The third-order valence-corrected chi connectivity index (χ3v) is 3.89. The largest absolute Gasteiger partial charge is 0.336 e. The number of carbonyl (C=O) groups is 1. The van der Waals surface area contributed by atoms with Crippen LogP contribution in [0.1, 0.15) is 46.5 Å². The maximum Gasteiger partial charge on any atom is 0.238 e. The van der Waals surface area contributed by atoms with E-state index in [-0.39, 0.29) is 5.91 Å². The van der Waals surface area contributed by atoms with Gasteiger partial charge in [-0.2, -0.15) is 5.26 Å². The SMILES string of the molecule is CCCN1CCC(C#N)(NC(=O)C(N)CC(C)C)CC1. The van der Waals surface area contributed by atoms with E-state index in [1.165, 1.54) is 0 Å². The molecule has 5 heteroatoms. The Balaban J connectivity index is 2.55. The standard InChI is InChI=1S/C15H28N4O/c1-4-7-19-8-5-15(11-16,6-9-19)18-14(20)13(17)10-12(2)3/h12-13H,4-10,17H2,1-3H3,(H,18,20). The molecule has 1 saturated heterocycles. The smallest absolute Gasteiger partial charge is 0.238 e. The van der Waals surface area contributed by atoms with Gasteiger partial charge in [0.2, 0.25) is 5.91 Å². The van der Waals surface area contributed by atoms with Crippen LogP contribution in [-0.2, 0) is 4.79 Å². The van der Waals surface area contributed by atoms with Crippen molar-refractivity contribution in [2.75, 3.05) is 19.6 Å². The van der Waals surface area contributed by atoms with Gasteiger partial charge in [-0.1, -0.05) is 20.8 Å². The molecule has 1 heterocycles. The molecule has 1 amide bonds. The number of nitrogens with two attached hydrogens (primary N) is 1. The number of nitrogens with zero attached hydrogens (tertiary/aromatic N) is 2. The topological polar surface area (TPSA) is 82.2 Å². The fourth-order valence-electron chi connectivity index (χ4n) is 2.68. The van der Waals surface area contributed by atoms with E-state index < -0.39 is 11.6 Å². The van der Waals surface area contributed by atoms with Crippen molar-refractivity contribution < 1.29 is 4.79 Å². The summed E-state index contributed by atoms with van der Waals surface area (Å²) in [6.07, 6.45) is 3.13. The van der Waals surface area contributed by atoms with Gasteiger partial charge in [0.1, 0.15) is 5.54 Å². The van der Waals surface area contributed by atoms with Crippen LogP contribution >= 0.6 is 0 Å². The number of carbonyl (C=O) groups excluding carboxylic acids is 1. The molecule has 0 radical (unpaired) electrons. The van der Waals surface area contributed by atoms with E-state index in [2.05, 4.69) is 23.2 Å². The molecule has 114 valence electrons. The van der Waals surface area contributed by atoms with Crippen LogP contribution in [0.5, 0.6) is 0 Å².